The standard InChI is InChI=1S/C12H12ClN3O2S/c1-7-8(2)18-12(15-7)19-6-11(17)16-10-4-3-9(13)5-14-10/h3-5H,6H2,1-2H3,(H,14,16,17). The molecule has 1 N–H and O–H groups in total. The van der Waals surface area contributed by atoms with Crippen molar-refractivity contribution in [2.24, 2.45) is 0 Å². The number of nitrogens with zero attached hydrogens (tertiary/aromatic N) is 2. The van der Waals surface area contributed by atoms with E-state index >= 15 is 0 Å². The first-order valence-electron chi connectivity index (χ1n) is 5.53. The van der Waals surface area contributed by atoms with E-state index in [1.54, 1.807) is 12.1 Å². The van der Waals surface area contributed by atoms with Crippen LogP contribution in [-0.4, -0.2) is 21.6 Å². The molecular formula is C12H12ClN3O2S. The average Bonchev–Trinajstić information content (AvgIpc) is 2.69. The third-order valence-corrected chi connectivity index (χ3v) is 3.38. The Balaban J connectivity index is 1.86. The van der Waals surface area contributed by atoms with Crippen molar-refractivity contribution in [3.63, 3.8) is 0 Å². The number of oxazole rings is 1. The van der Waals surface area contributed by atoms with Gasteiger partial charge in [-0.25, -0.2) is 9.97 Å². The summed E-state index contributed by atoms with van der Waals surface area (Å²) in [6.45, 7) is 3.70. The molecule has 2 aromatic rings. The number of aryl methyl sites for hydroxylation is 2. The normalized spacial score (nSPS) is 10.5. The quantitative estimate of drug-likeness (QED) is 0.878. The van der Waals surface area contributed by atoms with Crippen LogP contribution < -0.4 is 5.32 Å². The highest BCUT2D eigenvalue weighted by atomic mass is 35.5. The molecule has 0 atom stereocenters. The molecule has 0 spiro atoms. The molecule has 0 aliphatic heterocycles. The highest BCUT2D eigenvalue weighted by Gasteiger charge is 2.09. The van der Waals surface area contributed by atoms with Crippen molar-refractivity contribution >= 4 is 35.1 Å². The summed E-state index contributed by atoms with van der Waals surface area (Å²) in [7, 11) is 0. The molecule has 0 aromatic carbocycles. The van der Waals surface area contributed by atoms with E-state index in [1.807, 2.05) is 13.8 Å². The summed E-state index contributed by atoms with van der Waals surface area (Å²) >= 11 is 6.95. The van der Waals surface area contributed by atoms with Crippen LogP contribution in [0.1, 0.15) is 11.5 Å². The summed E-state index contributed by atoms with van der Waals surface area (Å²) in [5, 5.41) is 3.68. The van der Waals surface area contributed by atoms with Gasteiger partial charge in [0, 0.05) is 6.20 Å². The molecule has 0 fully saturated rings. The van der Waals surface area contributed by atoms with Crippen LogP contribution >= 0.6 is 23.4 Å². The lowest BCUT2D eigenvalue weighted by atomic mass is 10.4. The molecule has 7 heteroatoms. The molecule has 0 bridgehead atoms. The molecule has 0 saturated heterocycles. The maximum atomic E-state index is 11.7. The molecule has 0 saturated carbocycles. The second-order valence-electron chi connectivity index (χ2n) is 3.82. The summed E-state index contributed by atoms with van der Waals surface area (Å²) in [6.07, 6.45) is 1.48. The molecule has 1 amide bonds. The summed E-state index contributed by atoms with van der Waals surface area (Å²) in [6, 6.07) is 3.31. The number of thioether (sulfide) groups is 1. The Bertz CT molecular complexity index is 564. The first kappa shape index (κ1) is 13.9. The largest absolute Gasteiger partial charge is 0.437 e. The molecule has 2 heterocycles. The molecule has 0 radical (unpaired) electrons. The lowest BCUT2D eigenvalue weighted by Gasteiger charge is -2.02. The minimum absolute atomic E-state index is 0.173. The summed E-state index contributed by atoms with van der Waals surface area (Å²) in [4.78, 5) is 19.9. The molecule has 100 valence electrons. The van der Waals surface area contributed by atoms with E-state index in [0.29, 0.717) is 16.1 Å². The van der Waals surface area contributed by atoms with E-state index in [-0.39, 0.29) is 11.7 Å². The number of amides is 1. The van der Waals surface area contributed by atoms with E-state index < -0.39 is 0 Å². The summed E-state index contributed by atoms with van der Waals surface area (Å²) < 4.78 is 5.37. The number of carbonyl (C=O) groups excluding carboxylic acids is 1. The second-order valence-corrected chi connectivity index (χ2v) is 5.18. The van der Waals surface area contributed by atoms with Gasteiger partial charge in [0.25, 0.3) is 5.22 Å². The predicted molar refractivity (Wildman–Crippen MR) is 74.6 cm³/mol. The van der Waals surface area contributed by atoms with Gasteiger partial charge in [-0.2, -0.15) is 0 Å². The van der Waals surface area contributed by atoms with Gasteiger partial charge in [0.2, 0.25) is 5.91 Å². The van der Waals surface area contributed by atoms with Gasteiger partial charge in [-0.05, 0) is 26.0 Å². The highest BCUT2D eigenvalue weighted by Crippen LogP contribution is 2.20. The first-order valence-corrected chi connectivity index (χ1v) is 6.89. The van der Waals surface area contributed by atoms with Crippen molar-refractivity contribution in [1.82, 2.24) is 9.97 Å². The van der Waals surface area contributed by atoms with Crippen molar-refractivity contribution < 1.29 is 9.21 Å². The van der Waals surface area contributed by atoms with Crippen LogP contribution in [0.4, 0.5) is 5.82 Å². The third-order valence-electron chi connectivity index (χ3n) is 2.33. The lowest BCUT2D eigenvalue weighted by molar-refractivity contribution is -0.113. The van der Waals surface area contributed by atoms with Gasteiger partial charge in [0.15, 0.2) is 0 Å². The Labute approximate surface area is 119 Å². The number of carbonyl (C=O) groups is 1. The number of pyridine rings is 1. The van der Waals surface area contributed by atoms with Crippen LogP contribution in [0.5, 0.6) is 0 Å². The van der Waals surface area contributed by atoms with Crippen LogP contribution in [0.25, 0.3) is 0 Å². The maximum Gasteiger partial charge on any atom is 0.256 e. The van der Waals surface area contributed by atoms with Crippen LogP contribution in [0.15, 0.2) is 28.0 Å². The zero-order valence-electron chi connectivity index (χ0n) is 10.4. The van der Waals surface area contributed by atoms with Gasteiger partial charge in [-0.15, -0.1) is 0 Å². The fourth-order valence-corrected chi connectivity index (χ4v) is 2.08. The highest BCUT2D eigenvalue weighted by molar-refractivity contribution is 7.99. The fourth-order valence-electron chi connectivity index (χ4n) is 1.26. The smallest absolute Gasteiger partial charge is 0.256 e. The predicted octanol–water partition coefficient (Wildman–Crippen LogP) is 3.07. The van der Waals surface area contributed by atoms with Gasteiger partial charge < -0.3 is 9.73 Å². The van der Waals surface area contributed by atoms with Gasteiger partial charge in [0.05, 0.1) is 16.5 Å². The zero-order valence-corrected chi connectivity index (χ0v) is 12.0. The molecule has 2 aromatic heterocycles. The van der Waals surface area contributed by atoms with Gasteiger partial charge in [0.1, 0.15) is 11.6 Å². The number of hydrogen-bond donors (Lipinski definition) is 1. The summed E-state index contributed by atoms with van der Waals surface area (Å²) in [5.74, 6) is 1.27. The number of rotatable bonds is 4. The van der Waals surface area contributed by atoms with Crippen LogP contribution in [0.2, 0.25) is 5.02 Å². The van der Waals surface area contributed by atoms with E-state index in [2.05, 4.69) is 15.3 Å². The first-order chi connectivity index (χ1) is 9.04. The van der Waals surface area contributed by atoms with E-state index in [0.717, 1.165) is 11.5 Å². The Hall–Kier alpha value is -1.53. The van der Waals surface area contributed by atoms with Crippen LogP contribution in [-0.2, 0) is 4.79 Å². The van der Waals surface area contributed by atoms with Crippen molar-refractivity contribution in [1.29, 1.82) is 0 Å². The van der Waals surface area contributed by atoms with Crippen molar-refractivity contribution in [3.05, 3.63) is 34.8 Å². The van der Waals surface area contributed by atoms with E-state index in [4.69, 9.17) is 16.0 Å². The van der Waals surface area contributed by atoms with Gasteiger partial charge in [-0.3, -0.25) is 4.79 Å². The Morgan fingerprint density at radius 3 is 2.84 bits per heavy atom. The van der Waals surface area contributed by atoms with Crippen molar-refractivity contribution in [3.8, 4) is 0 Å². The van der Waals surface area contributed by atoms with Gasteiger partial charge in [-0.1, -0.05) is 23.4 Å². The molecular weight excluding hydrogens is 286 g/mol. The topological polar surface area (TPSA) is 68.0 Å². The number of aromatic nitrogens is 2. The SMILES string of the molecule is Cc1nc(SCC(=O)Nc2ccc(Cl)cn2)oc1C. The number of anilines is 1. The van der Waals surface area contributed by atoms with Gasteiger partial charge >= 0.3 is 0 Å². The monoisotopic (exact) mass is 297 g/mol. The third kappa shape index (κ3) is 3.97. The number of hydrogen-bond acceptors (Lipinski definition) is 5. The van der Waals surface area contributed by atoms with Crippen LogP contribution in [0, 0.1) is 13.8 Å². The minimum Gasteiger partial charge on any atom is -0.437 e. The second kappa shape index (κ2) is 6.08. The Kier molecular flexibility index (Phi) is 4.44. The Morgan fingerprint density at radius 2 is 2.26 bits per heavy atom. The molecule has 0 unspecified atom stereocenters. The van der Waals surface area contributed by atoms with E-state index in [1.165, 1.54) is 18.0 Å². The zero-order chi connectivity index (χ0) is 13.8. The number of halogens is 1. The number of nitrogens with one attached hydrogen (secondary N) is 1. The van der Waals surface area contributed by atoms with Crippen LogP contribution in [0.3, 0.4) is 0 Å². The molecule has 5 nitrogen and oxygen atoms in total. The average molecular weight is 298 g/mol. The summed E-state index contributed by atoms with van der Waals surface area (Å²) in [5.41, 5.74) is 0.835. The molecule has 0 aliphatic rings. The van der Waals surface area contributed by atoms with Crippen molar-refractivity contribution in [2.75, 3.05) is 11.1 Å². The molecule has 19 heavy (non-hydrogen) atoms. The van der Waals surface area contributed by atoms with E-state index in [9.17, 15) is 4.79 Å². The molecule has 0 aliphatic carbocycles. The minimum atomic E-state index is -0.173. The maximum absolute atomic E-state index is 11.7. The lowest BCUT2D eigenvalue weighted by Crippen LogP contribution is -2.14. The Morgan fingerprint density at radius 1 is 1.47 bits per heavy atom. The fraction of sp³-hybridized carbons (Fsp3) is 0.250. The molecule has 2 rings (SSSR count). The van der Waals surface area contributed by atoms with Crippen molar-refractivity contribution in [2.45, 2.75) is 19.1 Å².